The first-order valence-corrected chi connectivity index (χ1v) is 6.93. The van der Waals surface area contributed by atoms with Gasteiger partial charge in [-0.25, -0.2) is 0 Å². The van der Waals surface area contributed by atoms with Gasteiger partial charge in [0.1, 0.15) is 11.8 Å². The minimum atomic E-state index is -0.747. The molecule has 1 heterocycles. The first-order valence-electron chi connectivity index (χ1n) is 6.93. The van der Waals surface area contributed by atoms with Gasteiger partial charge in [0, 0.05) is 38.3 Å². The summed E-state index contributed by atoms with van der Waals surface area (Å²) in [4.78, 5) is 15.3. The van der Waals surface area contributed by atoms with Crippen LogP contribution in [0, 0.1) is 0 Å². The van der Waals surface area contributed by atoms with Crippen molar-refractivity contribution in [2.75, 3.05) is 33.3 Å². The van der Waals surface area contributed by atoms with Gasteiger partial charge in [0.15, 0.2) is 0 Å². The van der Waals surface area contributed by atoms with Gasteiger partial charge in [0.2, 0.25) is 0 Å². The van der Waals surface area contributed by atoms with Gasteiger partial charge in [-0.05, 0) is 13.0 Å². The molecule has 0 radical (unpaired) electrons. The molecular formula is C15H22N2O3. The Morgan fingerprint density at radius 3 is 2.55 bits per heavy atom. The Bertz CT molecular complexity index is 456. The lowest BCUT2D eigenvalue weighted by molar-refractivity contribution is -0.143. The van der Waals surface area contributed by atoms with Crippen molar-refractivity contribution in [2.45, 2.75) is 19.5 Å². The van der Waals surface area contributed by atoms with Crippen molar-refractivity contribution in [1.82, 2.24) is 9.80 Å². The van der Waals surface area contributed by atoms with Crippen molar-refractivity contribution in [3.63, 3.8) is 0 Å². The molecule has 1 aliphatic heterocycles. The Morgan fingerprint density at radius 2 is 1.95 bits per heavy atom. The lowest BCUT2D eigenvalue weighted by Crippen LogP contribution is -2.51. The van der Waals surface area contributed by atoms with Crippen LogP contribution < -0.4 is 4.74 Å². The van der Waals surface area contributed by atoms with E-state index in [-0.39, 0.29) is 0 Å². The number of nitrogens with zero attached hydrogens (tertiary/aromatic N) is 2. The van der Waals surface area contributed by atoms with Crippen molar-refractivity contribution in [3.8, 4) is 5.75 Å². The van der Waals surface area contributed by atoms with Crippen molar-refractivity contribution in [2.24, 2.45) is 0 Å². The van der Waals surface area contributed by atoms with Gasteiger partial charge in [-0.15, -0.1) is 0 Å². The fourth-order valence-electron chi connectivity index (χ4n) is 2.54. The maximum Gasteiger partial charge on any atom is 0.320 e. The molecule has 0 saturated carbocycles. The first kappa shape index (κ1) is 14.8. The topological polar surface area (TPSA) is 53.0 Å². The molecule has 0 spiro atoms. The van der Waals surface area contributed by atoms with E-state index < -0.39 is 12.0 Å². The molecule has 5 nitrogen and oxygen atoms in total. The van der Waals surface area contributed by atoms with E-state index in [1.807, 2.05) is 23.1 Å². The predicted molar refractivity (Wildman–Crippen MR) is 76.9 cm³/mol. The second kappa shape index (κ2) is 6.72. The number of para-hydroxylation sites is 1. The summed E-state index contributed by atoms with van der Waals surface area (Å²) >= 11 is 0. The van der Waals surface area contributed by atoms with Crippen molar-refractivity contribution >= 4 is 5.97 Å². The number of carbonyl (C=O) groups is 1. The van der Waals surface area contributed by atoms with Crippen LogP contribution in [0.4, 0.5) is 0 Å². The summed E-state index contributed by atoms with van der Waals surface area (Å²) in [5, 5.41) is 9.03. The smallest absolute Gasteiger partial charge is 0.320 e. The van der Waals surface area contributed by atoms with E-state index >= 15 is 0 Å². The number of aliphatic carboxylic acids is 1. The van der Waals surface area contributed by atoms with Crippen molar-refractivity contribution in [3.05, 3.63) is 29.8 Å². The van der Waals surface area contributed by atoms with Crippen LogP contribution in [0.3, 0.4) is 0 Å². The Hall–Kier alpha value is -1.59. The summed E-state index contributed by atoms with van der Waals surface area (Å²) in [6.45, 7) is 5.95. The van der Waals surface area contributed by atoms with Gasteiger partial charge in [-0.3, -0.25) is 14.6 Å². The molecular weight excluding hydrogens is 256 g/mol. The zero-order valence-corrected chi connectivity index (χ0v) is 12.1. The third-order valence-corrected chi connectivity index (χ3v) is 3.90. The fourth-order valence-corrected chi connectivity index (χ4v) is 2.54. The van der Waals surface area contributed by atoms with Gasteiger partial charge in [0.05, 0.1) is 7.11 Å². The molecule has 0 aromatic heterocycles. The number of rotatable bonds is 5. The number of benzene rings is 1. The Labute approximate surface area is 119 Å². The summed E-state index contributed by atoms with van der Waals surface area (Å²) in [7, 11) is 1.69. The minimum absolute atomic E-state index is 0.400. The summed E-state index contributed by atoms with van der Waals surface area (Å²) < 4.78 is 5.36. The average Bonchev–Trinajstić information content (AvgIpc) is 2.48. The number of carboxylic acids is 1. The lowest BCUT2D eigenvalue weighted by Gasteiger charge is -2.36. The van der Waals surface area contributed by atoms with E-state index in [4.69, 9.17) is 9.84 Å². The summed E-state index contributed by atoms with van der Waals surface area (Å²) in [5.74, 6) is 0.164. The van der Waals surface area contributed by atoms with E-state index in [2.05, 4.69) is 11.0 Å². The van der Waals surface area contributed by atoms with Crippen LogP contribution in [0.25, 0.3) is 0 Å². The highest BCUT2D eigenvalue weighted by Crippen LogP contribution is 2.20. The van der Waals surface area contributed by atoms with Gasteiger partial charge < -0.3 is 9.84 Å². The summed E-state index contributed by atoms with van der Waals surface area (Å²) in [6, 6.07) is 7.63. The molecule has 1 aromatic rings. The number of ether oxygens (including phenoxy) is 1. The van der Waals surface area contributed by atoms with Crippen LogP contribution in [-0.2, 0) is 11.3 Å². The van der Waals surface area contributed by atoms with Crippen molar-refractivity contribution in [1.29, 1.82) is 0 Å². The molecule has 1 saturated heterocycles. The maximum absolute atomic E-state index is 11.0. The zero-order chi connectivity index (χ0) is 14.5. The second-order valence-electron chi connectivity index (χ2n) is 5.14. The molecule has 20 heavy (non-hydrogen) atoms. The second-order valence-corrected chi connectivity index (χ2v) is 5.14. The number of carboxylic acid groups (broad SMARTS) is 1. The zero-order valence-electron chi connectivity index (χ0n) is 12.1. The molecule has 0 unspecified atom stereocenters. The highest BCUT2D eigenvalue weighted by molar-refractivity contribution is 5.72. The molecule has 1 fully saturated rings. The van der Waals surface area contributed by atoms with E-state index in [1.54, 1.807) is 14.0 Å². The number of hydrogen-bond acceptors (Lipinski definition) is 4. The highest BCUT2D eigenvalue weighted by atomic mass is 16.5. The summed E-state index contributed by atoms with van der Waals surface area (Å²) in [5.41, 5.74) is 1.18. The van der Waals surface area contributed by atoms with Gasteiger partial charge in [-0.1, -0.05) is 18.2 Å². The first-order chi connectivity index (χ1) is 9.61. The van der Waals surface area contributed by atoms with Gasteiger partial charge >= 0.3 is 5.97 Å². The molecule has 5 heteroatoms. The maximum atomic E-state index is 11.0. The van der Waals surface area contributed by atoms with Crippen LogP contribution in [0.2, 0.25) is 0 Å². The fraction of sp³-hybridized carbons (Fsp3) is 0.533. The quantitative estimate of drug-likeness (QED) is 0.879. The largest absolute Gasteiger partial charge is 0.496 e. The molecule has 1 aliphatic rings. The standard InChI is InChI=1S/C15H22N2O3/c1-12(15(18)19)17-9-7-16(8-10-17)11-13-5-3-4-6-14(13)20-2/h3-6,12H,7-11H2,1-2H3,(H,18,19)/t12-/m1/s1. The normalized spacial score (nSPS) is 18.7. The molecule has 1 N–H and O–H groups in total. The van der Waals surface area contributed by atoms with E-state index in [1.165, 1.54) is 5.56 Å². The predicted octanol–water partition coefficient (Wildman–Crippen LogP) is 1.29. The average molecular weight is 278 g/mol. The van der Waals surface area contributed by atoms with Crippen LogP contribution in [0.5, 0.6) is 5.75 Å². The third-order valence-electron chi connectivity index (χ3n) is 3.90. The third kappa shape index (κ3) is 3.49. The van der Waals surface area contributed by atoms with E-state index in [9.17, 15) is 4.79 Å². The lowest BCUT2D eigenvalue weighted by atomic mass is 10.1. The molecule has 0 aliphatic carbocycles. The number of hydrogen-bond donors (Lipinski definition) is 1. The van der Waals surface area contributed by atoms with Crippen molar-refractivity contribution < 1.29 is 14.6 Å². The van der Waals surface area contributed by atoms with Gasteiger partial charge in [0.25, 0.3) is 0 Å². The molecule has 110 valence electrons. The van der Waals surface area contributed by atoms with Gasteiger partial charge in [-0.2, -0.15) is 0 Å². The SMILES string of the molecule is COc1ccccc1CN1CCN([C@H](C)C(=O)O)CC1. The molecule has 0 amide bonds. The molecule has 0 bridgehead atoms. The molecule has 2 rings (SSSR count). The molecule has 1 atom stereocenters. The monoisotopic (exact) mass is 278 g/mol. The number of methoxy groups -OCH3 is 1. The summed E-state index contributed by atoms with van der Waals surface area (Å²) in [6.07, 6.45) is 0. The Morgan fingerprint density at radius 1 is 1.30 bits per heavy atom. The Kier molecular flexibility index (Phi) is 4.98. The number of piperazine rings is 1. The van der Waals surface area contributed by atoms with Crippen LogP contribution in [0.15, 0.2) is 24.3 Å². The molecule has 1 aromatic carbocycles. The minimum Gasteiger partial charge on any atom is -0.496 e. The van der Waals surface area contributed by atoms with Crippen LogP contribution in [0.1, 0.15) is 12.5 Å². The highest BCUT2D eigenvalue weighted by Gasteiger charge is 2.25. The van der Waals surface area contributed by atoms with E-state index in [0.29, 0.717) is 0 Å². The van der Waals surface area contributed by atoms with E-state index in [0.717, 1.165) is 38.5 Å². The Balaban J connectivity index is 1.90. The van der Waals surface area contributed by atoms with Crippen LogP contribution >= 0.6 is 0 Å². The van der Waals surface area contributed by atoms with Crippen LogP contribution in [-0.4, -0.2) is 60.2 Å².